The van der Waals surface area contributed by atoms with Gasteiger partial charge in [-0.2, -0.15) is 0 Å². The fraction of sp³-hybridized carbons (Fsp3) is 0.154. The number of aromatic nitrogens is 1. The van der Waals surface area contributed by atoms with Gasteiger partial charge in [-0.15, -0.1) is 11.3 Å². The van der Waals surface area contributed by atoms with Crippen LogP contribution in [0, 0.1) is 17.5 Å². The highest BCUT2D eigenvalue weighted by Crippen LogP contribution is 2.19. The first-order valence-electron chi connectivity index (χ1n) is 10.6. The van der Waals surface area contributed by atoms with Crippen LogP contribution in [-0.2, 0) is 26.2 Å². The van der Waals surface area contributed by atoms with Gasteiger partial charge in [-0.25, -0.2) is 18.2 Å². The number of carbonyl (C=O) groups excluding carboxylic acids is 1. The number of nitrogens with one attached hydrogen (secondary N) is 1. The average Bonchev–Trinajstić information content (AvgIpc) is 3.30. The molecule has 0 aliphatic carbocycles. The summed E-state index contributed by atoms with van der Waals surface area (Å²) < 4.78 is 40.6. The van der Waals surface area contributed by atoms with Crippen LogP contribution < -0.4 is 5.32 Å². The van der Waals surface area contributed by atoms with Crippen molar-refractivity contribution in [2.75, 3.05) is 0 Å². The third kappa shape index (κ3) is 6.52. The Hall–Kier alpha value is -3.49. The van der Waals surface area contributed by atoms with E-state index in [0.717, 1.165) is 11.1 Å². The summed E-state index contributed by atoms with van der Waals surface area (Å²) in [5.74, 6) is -1.28. The van der Waals surface area contributed by atoms with Crippen molar-refractivity contribution in [3.05, 3.63) is 123 Å². The first kappa shape index (κ1) is 23.7. The highest BCUT2D eigenvalue weighted by atomic mass is 32.1. The van der Waals surface area contributed by atoms with Gasteiger partial charge in [0.05, 0.1) is 6.54 Å². The van der Waals surface area contributed by atoms with Gasteiger partial charge in [-0.1, -0.05) is 42.5 Å². The van der Waals surface area contributed by atoms with Crippen LogP contribution in [-0.4, -0.2) is 15.8 Å². The van der Waals surface area contributed by atoms with E-state index in [0.29, 0.717) is 30.2 Å². The van der Waals surface area contributed by atoms with Crippen molar-refractivity contribution in [3.8, 4) is 0 Å². The molecule has 4 nitrogen and oxygen atoms in total. The van der Waals surface area contributed by atoms with Crippen molar-refractivity contribution in [2.24, 2.45) is 0 Å². The summed E-state index contributed by atoms with van der Waals surface area (Å²) in [5.41, 5.74) is 2.49. The Kier molecular flexibility index (Phi) is 7.72. The van der Waals surface area contributed by atoms with E-state index >= 15 is 0 Å². The Morgan fingerprint density at radius 3 is 2.15 bits per heavy atom. The largest absolute Gasteiger partial charge is 0.347 e. The maximum atomic E-state index is 14.3. The number of hydrogen-bond acceptors (Lipinski definition) is 4. The first-order valence-corrected chi connectivity index (χ1v) is 11.5. The van der Waals surface area contributed by atoms with E-state index in [-0.39, 0.29) is 35.6 Å². The van der Waals surface area contributed by atoms with Gasteiger partial charge >= 0.3 is 0 Å². The maximum Gasteiger partial charge on any atom is 0.271 e. The molecule has 174 valence electrons. The van der Waals surface area contributed by atoms with Gasteiger partial charge < -0.3 is 5.32 Å². The monoisotopic (exact) mass is 481 g/mol. The van der Waals surface area contributed by atoms with Crippen molar-refractivity contribution >= 4 is 17.2 Å². The lowest BCUT2D eigenvalue weighted by atomic mass is 10.1. The third-order valence-electron chi connectivity index (χ3n) is 5.18. The molecule has 1 aromatic heterocycles. The van der Waals surface area contributed by atoms with Gasteiger partial charge in [0.1, 0.15) is 28.2 Å². The maximum absolute atomic E-state index is 14.3. The van der Waals surface area contributed by atoms with Gasteiger partial charge in [0.15, 0.2) is 0 Å². The Morgan fingerprint density at radius 1 is 0.824 bits per heavy atom. The highest BCUT2D eigenvalue weighted by Gasteiger charge is 2.16. The van der Waals surface area contributed by atoms with Crippen LogP contribution >= 0.6 is 11.3 Å². The van der Waals surface area contributed by atoms with E-state index < -0.39 is 0 Å². The van der Waals surface area contributed by atoms with Crippen molar-refractivity contribution in [1.82, 2.24) is 15.2 Å². The average molecular weight is 482 g/mol. The molecule has 1 N–H and O–H groups in total. The van der Waals surface area contributed by atoms with Crippen LogP contribution in [0.3, 0.4) is 0 Å². The van der Waals surface area contributed by atoms with Gasteiger partial charge in [0.25, 0.3) is 5.91 Å². The first-order chi connectivity index (χ1) is 16.5. The molecule has 4 aromatic rings. The van der Waals surface area contributed by atoms with E-state index in [4.69, 9.17) is 0 Å². The molecule has 0 saturated heterocycles. The highest BCUT2D eigenvalue weighted by molar-refractivity contribution is 7.09. The molecule has 0 spiro atoms. The summed E-state index contributed by atoms with van der Waals surface area (Å²) in [6.45, 7) is 1.44. The molecule has 0 aliphatic rings. The fourth-order valence-electron chi connectivity index (χ4n) is 3.44. The Balaban J connectivity index is 1.44. The van der Waals surface area contributed by atoms with Crippen molar-refractivity contribution in [3.63, 3.8) is 0 Å². The van der Waals surface area contributed by atoms with Crippen LogP contribution in [0.25, 0.3) is 0 Å². The Labute approximate surface area is 199 Å². The number of halogens is 3. The molecule has 0 saturated carbocycles. The molecule has 0 bridgehead atoms. The molecule has 3 aromatic carbocycles. The zero-order valence-electron chi connectivity index (χ0n) is 18.2. The number of carbonyl (C=O) groups is 1. The summed E-state index contributed by atoms with van der Waals surface area (Å²) in [5, 5.41) is 5.15. The van der Waals surface area contributed by atoms with Crippen molar-refractivity contribution < 1.29 is 18.0 Å². The van der Waals surface area contributed by atoms with Crippen LogP contribution in [0.15, 0.2) is 78.2 Å². The van der Waals surface area contributed by atoms with Crippen LogP contribution in [0.2, 0.25) is 0 Å². The molecule has 0 aliphatic heterocycles. The Bertz CT molecular complexity index is 1240. The molecule has 0 radical (unpaired) electrons. The normalized spacial score (nSPS) is 11.1. The molecule has 1 heterocycles. The molecule has 0 unspecified atom stereocenters. The third-order valence-corrected chi connectivity index (χ3v) is 6.01. The summed E-state index contributed by atoms with van der Waals surface area (Å²) in [4.78, 5) is 18.9. The van der Waals surface area contributed by atoms with Crippen LogP contribution in [0.5, 0.6) is 0 Å². The SMILES string of the molecule is O=C(NCc1ccc(F)cc1)c1csc(CN(Cc2ccc(F)cc2)Cc2ccccc2F)n1. The lowest BCUT2D eigenvalue weighted by Gasteiger charge is -2.22. The van der Waals surface area contributed by atoms with Crippen molar-refractivity contribution in [2.45, 2.75) is 26.2 Å². The summed E-state index contributed by atoms with van der Waals surface area (Å²) in [7, 11) is 0. The number of thiazole rings is 1. The van der Waals surface area contributed by atoms with E-state index in [1.165, 1.54) is 41.7 Å². The standard InChI is InChI=1S/C26H22F3N3OS/c27-21-9-5-18(6-10-21)13-30-26(33)24-17-34-25(31-24)16-32(14-19-7-11-22(28)12-8-19)15-20-3-1-2-4-23(20)29/h1-12,17H,13-16H2,(H,30,33). The predicted octanol–water partition coefficient (Wildman–Crippen LogP) is 5.69. The lowest BCUT2D eigenvalue weighted by Crippen LogP contribution is -2.24. The number of rotatable bonds is 9. The predicted molar refractivity (Wildman–Crippen MR) is 125 cm³/mol. The lowest BCUT2D eigenvalue weighted by molar-refractivity contribution is 0.0946. The van der Waals surface area contributed by atoms with Gasteiger partial charge in [0, 0.05) is 30.6 Å². The smallest absolute Gasteiger partial charge is 0.271 e. The second-order valence-electron chi connectivity index (χ2n) is 7.80. The molecular formula is C26H22F3N3OS. The minimum Gasteiger partial charge on any atom is -0.347 e. The minimum absolute atomic E-state index is 0.260. The van der Waals surface area contributed by atoms with E-state index in [2.05, 4.69) is 10.3 Å². The molecule has 34 heavy (non-hydrogen) atoms. The van der Waals surface area contributed by atoms with Gasteiger partial charge in [-0.3, -0.25) is 9.69 Å². The van der Waals surface area contributed by atoms with Gasteiger partial charge in [0.2, 0.25) is 0 Å². The minimum atomic E-state index is -0.334. The fourth-order valence-corrected chi connectivity index (χ4v) is 4.25. The molecule has 4 rings (SSSR count). The summed E-state index contributed by atoms with van der Waals surface area (Å²) >= 11 is 1.34. The molecule has 8 heteroatoms. The van der Waals surface area contributed by atoms with Crippen LogP contribution in [0.1, 0.15) is 32.2 Å². The zero-order valence-corrected chi connectivity index (χ0v) is 19.0. The second kappa shape index (κ2) is 11.1. The zero-order chi connectivity index (χ0) is 23.9. The van der Waals surface area contributed by atoms with E-state index in [1.807, 2.05) is 4.90 Å². The molecule has 0 atom stereocenters. The van der Waals surface area contributed by atoms with Crippen molar-refractivity contribution in [1.29, 1.82) is 0 Å². The van der Waals surface area contributed by atoms with E-state index in [1.54, 1.807) is 47.8 Å². The Morgan fingerprint density at radius 2 is 1.47 bits per heavy atom. The van der Waals surface area contributed by atoms with E-state index in [9.17, 15) is 18.0 Å². The van der Waals surface area contributed by atoms with Crippen LogP contribution in [0.4, 0.5) is 13.2 Å². The molecule has 0 fully saturated rings. The topological polar surface area (TPSA) is 45.2 Å². The number of benzene rings is 3. The summed E-state index contributed by atoms with van der Waals surface area (Å²) in [6.07, 6.45) is 0. The summed E-state index contributed by atoms with van der Waals surface area (Å²) in [6, 6.07) is 18.6. The molecular weight excluding hydrogens is 459 g/mol. The number of amides is 1. The second-order valence-corrected chi connectivity index (χ2v) is 8.74. The van der Waals surface area contributed by atoms with Gasteiger partial charge in [-0.05, 0) is 41.5 Å². The molecule has 1 amide bonds. The quantitative estimate of drug-likeness (QED) is 0.334. The number of hydrogen-bond donors (Lipinski definition) is 1. The number of nitrogens with zero attached hydrogens (tertiary/aromatic N) is 2.